The maximum atomic E-state index is 12.8. The molecule has 0 fully saturated rings. The number of fused-ring (bicyclic) bond motifs is 1. The van der Waals surface area contributed by atoms with E-state index >= 15 is 0 Å². The molecule has 9 heteroatoms. The lowest BCUT2D eigenvalue weighted by atomic mass is 10.0. The van der Waals surface area contributed by atoms with Crippen LogP contribution in [0, 0.1) is 0 Å². The van der Waals surface area contributed by atoms with Crippen LogP contribution in [0.2, 0.25) is 5.02 Å². The van der Waals surface area contributed by atoms with Gasteiger partial charge < -0.3 is 16.4 Å². The summed E-state index contributed by atoms with van der Waals surface area (Å²) in [5.41, 5.74) is 10.2. The molecule has 0 spiro atoms. The zero-order chi connectivity index (χ0) is 24.2. The van der Waals surface area contributed by atoms with E-state index in [0.29, 0.717) is 34.2 Å². The molecular weight excluding hydrogens is 495 g/mol. The van der Waals surface area contributed by atoms with Crippen molar-refractivity contribution in [1.29, 1.82) is 0 Å². The molecule has 4 N–H and O–H groups in total. The van der Waals surface area contributed by atoms with E-state index in [1.165, 1.54) is 0 Å². The van der Waals surface area contributed by atoms with Gasteiger partial charge in [-0.2, -0.15) is 5.10 Å². The number of hydrogen-bond donors (Lipinski definition) is 3. The zero-order valence-corrected chi connectivity index (χ0v) is 20.6. The second-order valence-electron chi connectivity index (χ2n) is 8.00. The molecule has 0 saturated carbocycles. The molecule has 3 aromatic carbocycles. The van der Waals surface area contributed by atoms with E-state index in [4.69, 9.17) is 17.3 Å². The fourth-order valence-electron chi connectivity index (χ4n) is 3.76. The van der Waals surface area contributed by atoms with Gasteiger partial charge in [-0.25, -0.2) is 0 Å². The van der Waals surface area contributed by atoms with Gasteiger partial charge in [0, 0.05) is 57.2 Å². The highest BCUT2D eigenvalue weighted by Gasteiger charge is 2.13. The Balaban J connectivity index is 0.00000304. The Hall–Kier alpha value is -4.20. The predicted molar refractivity (Wildman–Crippen MR) is 147 cm³/mol. The van der Waals surface area contributed by atoms with Crippen molar-refractivity contribution < 1.29 is 4.79 Å². The first-order valence-electron chi connectivity index (χ1n) is 10.9. The van der Waals surface area contributed by atoms with Gasteiger partial charge >= 0.3 is 0 Å². The first-order valence-corrected chi connectivity index (χ1v) is 11.3. The first-order chi connectivity index (χ1) is 17.0. The maximum absolute atomic E-state index is 12.8. The number of nitrogens with one attached hydrogen (secondary N) is 2. The number of nitrogens with zero attached hydrogens (tertiary/aromatic N) is 3. The van der Waals surface area contributed by atoms with Crippen LogP contribution < -0.4 is 16.4 Å². The minimum atomic E-state index is -0.247. The summed E-state index contributed by atoms with van der Waals surface area (Å²) in [5, 5.41) is 17.6. The fraction of sp³-hybridized carbons (Fsp3) is 0.0370. The zero-order valence-electron chi connectivity index (χ0n) is 19.0. The van der Waals surface area contributed by atoms with E-state index in [1.54, 1.807) is 48.8 Å². The smallest absolute Gasteiger partial charge is 0.255 e. The SMILES string of the molecule is Cl.Nc1cccc(C(=O)Nc2ccc3c(Cc4ccncc4)nnc(Nc4ccc(Cl)cc4)c3c2)c1. The molecule has 0 bridgehead atoms. The number of amides is 1. The van der Waals surface area contributed by atoms with Crippen LogP contribution >= 0.6 is 24.0 Å². The van der Waals surface area contributed by atoms with E-state index in [0.717, 1.165) is 27.7 Å². The highest BCUT2D eigenvalue weighted by Crippen LogP contribution is 2.30. The summed E-state index contributed by atoms with van der Waals surface area (Å²) in [4.78, 5) is 16.9. The van der Waals surface area contributed by atoms with Gasteiger partial charge in [-0.15, -0.1) is 17.5 Å². The van der Waals surface area contributed by atoms with Crippen molar-refractivity contribution in [3.63, 3.8) is 0 Å². The molecule has 0 atom stereocenters. The largest absolute Gasteiger partial charge is 0.399 e. The molecule has 1 amide bonds. The molecule has 2 aromatic heterocycles. The number of carbonyl (C=O) groups excluding carboxylic acids is 1. The van der Waals surface area contributed by atoms with Gasteiger partial charge in [0.25, 0.3) is 5.91 Å². The van der Waals surface area contributed by atoms with Gasteiger partial charge in [0.05, 0.1) is 5.69 Å². The number of pyridine rings is 1. The highest BCUT2D eigenvalue weighted by molar-refractivity contribution is 6.30. The summed E-state index contributed by atoms with van der Waals surface area (Å²) < 4.78 is 0. The van der Waals surface area contributed by atoms with Crippen LogP contribution in [0.1, 0.15) is 21.6 Å². The van der Waals surface area contributed by atoms with E-state index in [9.17, 15) is 4.79 Å². The standard InChI is InChI=1S/C27H21ClN6O.ClH/c28-19-4-6-21(7-5-19)31-26-24-16-22(32-27(35)18-2-1-3-20(29)15-18)8-9-23(24)25(33-34-26)14-17-10-12-30-13-11-17;/h1-13,15-16H,14,29H2,(H,31,34)(H,32,35);1H. The Labute approximate surface area is 219 Å². The number of nitrogen functional groups attached to an aromatic ring is 1. The van der Waals surface area contributed by atoms with Gasteiger partial charge in [0.2, 0.25) is 0 Å². The van der Waals surface area contributed by atoms with Crippen molar-refractivity contribution in [3.05, 3.63) is 113 Å². The molecule has 5 rings (SSSR count). The summed E-state index contributed by atoms with van der Waals surface area (Å²) in [7, 11) is 0. The number of aromatic nitrogens is 3. The van der Waals surface area contributed by atoms with Crippen molar-refractivity contribution in [2.24, 2.45) is 0 Å². The van der Waals surface area contributed by atoms with Crippen LogP contribution in [0.25, 0.3) is 10.8 Å². The number of anilines is 4. The van der Waals surface area contributed by atoms with Crippen molar-refractivity contribution in [3.8, 4) is 0 Å². The maximum Gasteiger partial charge on any atom is 0.255 e. The van der Waals surface area contributed by atoms with Crippen LogP contribution in [0.3, 0.4) is 0 Å². The van der Waals surface area contributed by atoms with Crippen molar-refractivity contribution in [2.75, 3.05) is 16.4 Å². The van der Waals surface area contributed by atoms with Gasteiger partial charge in [-0.3, -0.25) is 9.78 Å². The van der Waals surface area contributed by atoms with Gasteiger partial charge in [-0.1, -0.05) is 23.7 Å². The lowest BCUT2D eigenvalue weighted by Gasteiger charge is -2.13. The predicted octanol–water partition coefficient (Wildman–Crippen LogP) is 6.27. The highest BCUT2D eigenvalue weighted by atomic mass is 35.5. The third-order valence-electron chi connectivity index (χ3n) is 5.49. The number of hydrogen-bond acceptors (Lipinski definition) is 6. The van der Waals surface area contributed by atoms with Crippen LogP contribution in [0.15, 0.2) is 91.3 Å². The lowest BCUT2D eigenvalue weighted by Crippen LogP contribution is -2.12. The third kappa shape index (κ3) is 5.71. The molecule has 0 unspecified atom stereocenters. The minimum absolute atomic E-state index is 0. The van der Waals surface area contributed by atoms with Crippen LogP contribution in [0.4, 0.5) is 22.9 Å². The molecule has 0 radical (unpaired) electrons. The van der Waals surface area contributed by atoms with Gasteiger partial charge in [0.1, 0.15) is 0 Å². The van der Waals surface area contributed by atoms with Crippen molar-refractivity contribution in [2.45, 2.75) is 6.42 Å². The molecule has 5 aromatic rings. The molecule has 180 valence electrons. The van der Waals surface area contributed by atoms with Gasteiger partial charge in [-0.05, 0) is 72.3 Å². The number of halogens is 2. The monoisotopic (exact) mass is 516 g/mol. The Morgan fingerprint density at radius 3 is 2.36 bits per heavy atom. The van der Waals surface area contributed by atoms with E-state index in [-0.39, 0.29) is 18.3 Å². The summed E-state index contributed by atoms with van der Waals surface area (Å²) in [6, 6.07) is 23.8. The minimum Gasteiger partial charge on any atom is -0.399 e. The third-order valence-corrected chi connectivity index (χ3v) is 5.74. The van der Waals surface area contributed by atoms with E-state index in [2.05, 4.69) is 25.8 Å². The molecule has 2 heterocycles. The number of rotatable bonds is 6. The average Bonchev–Trinajstić information content (AvgIpc) is 2.87. The van der Waals surface area contributed by atoms with Crippen molar-refractivity contribution in [1.82, 2.24) is 15.2 Å². The van der Waals surface area contributed by atoms with Gasteiger partial charge in [0.15, 0.2) is 5.82 Å². The Bertz CT molecular complexity index is 1510. The van der Waals surface area contributed by atoms with Crippen LogP contribution in [0.5, 0.6) is 0 Å². The molecule has 0 aliphatic rings. The Kier molecular flexibility index (Phi) is 7.63. The molecule has 0 aliphatic carbocycles. The molecule has 0 saturated heterocycles. The Morgan fingerprint density at radius 2 is 1.61 bits per heavy atom. The second kappa shape index (κ2) is 11.0. The molecular formula is C27H22Cl2N6O. The second-order valence-corrected chi connectivity index (χ2v) is 8.44. The average molecular weight is 517 g/mol. The number of nitrogens with two attached hydrogens (primary N) is 1. The molecule has 36 heavy (non-hydrogen) atoms. The summed E-state index contributed by atoms with van der Waals surface area (Å²) in [5.74, 6) is 0.323. The molecule has 7 nitrogen and oxygen atoms in total. The number of benzene rings is 3. The van der Waals surface area contributed by atoms with Crippen LogP contribution in [-0.4, -0.2) is 21.1 Å². The van der Waals surface area contributed by atoms with Crippen LogP contribution in [-0.2, 0) is 6.42 Å². The topological polar surface area (TPSA) is 106 Å². The Morgan fingerprint density at radius 1 is 0.861 bits per heavy atom. The lowest BCUT2D eigenvalue weighted by molar-refractivity contribution is 0.102. The summed E-state index contributed by atoms with van der Waals surface area (Å²) in [6.45, 7) is 0. The fourth-order valence-corrected chi connectivity index (χ4v) is 3.88. The first kappa shape index (κ1) is 24.9. The summed E-state index contributed by atoms with van der Waals surface area (Å²) in [6.07, 6.45) is 4.11. The van der Waals surface area contributed by atoms with E-state index in [1.807, 2.05) is 42.5 Å². The van der Waals surface area contributed by atoms with E-state index < -0.39 is 0 Å². The number of carbonyl (C=O) groups is 1. The summed E-state index contributed by atoms with van der Waals surface area (Å²) >= 11 is 6.03. The van der Waals surface area contributed by atoms with Crippen molar-refractivity contribution >= 4 is 63.6 Å². The normalized spacial score (nSPS) is 10.5. The molecule has 0 aliphatic heterocycles. The quantitative estimate of drug-likeness (QED) is 0.229.